The summed E-state index contributed by atoms with van der Waals surface area (Å²) in [5.41, 5.74) is 3.55. The van der Waals surface area contributed by atoms with Crippen LogP contribution in [-0.4, -0.2) is 30.8 Å². The highest BCUT2D eigenvalue weighted by atomic mass is 32.1. The molecule has 0 aliphatic heterocycles. The second-order valence-corrected chi connectivity index (χ2v) is 6.60. The zero-order chi connectivity index (χ0) is 17.4. The molecule has 4 rings (SSSR count). The van der Waals surface area contributed by atoms with Gasteiger partial charge in [0.05, 0.1) is 34.3 Å². The molecule has 4 aromatic heterocycles. The topological polar surface area (TPSA) is 80.9 Å². The minimum Gasteiger partial charge on any atom is -0.478 e. The average molecular weight is 350 g/mol. The van der Waals surface area contributed by atoms with Crippen LogP contribution in [0.5, 0.6) is 0 Å². The van der Waals surface area contributed by atoms with E-state index in [0.717, 1.165) is 16.0 Å². The first-order chi connectivity index (χ1) is 12.1. The van der Waals surface area contributed by atoms with Crippen molar-refractivity contribution in [1.29, 1.82) is 0 Å². The fraction of sp³-hybridized carbons (Fsp3) is 0.111. The molecule has 0 bridgehead atoms. The van der Waals surface area contributed by atoms with E-state index >= 15 is 0 Å². The van der Waals surface area contributed by atoms with Gasteiger partial charge >= 0.3 is 5.97 Å². The smallest absolute Gasteiger partial charge is 0.336 e. The van der Waals surface area contributed by atoms with Gasteiger partial charge in [0.1, 0.15) is 0 Å². The number of carbonyl (C=O) groups is 1. The summed E-state index contributed by atoms with van der Waals surface area (Å²) in [6.07, 6.45) is 5.01. The molecule has 0 saturated carbocycles. The van der Waals surface area contributed by atoms with Gasteiger partial charge in [-0.2, -0.15) is 5.10 Å². The minimum atomic E-state index is -0.980. The Hall–Kier alpha value is -3.06. The van der Waals surface area contributed by atoms with Crippen LogP contribution in [0.2, 0.25) is 0 Å². The van der Waals surface area contributed by atoms with Crippen molar-refractivity contribution in [3.63, 3.8) is 0 Å². The van der Waals surface area contributed by atoms with Crippen LogP contribution in [0.15, 0.2) is 48.2 Å². The Morgan fingerprint density at radius 3 is 2.76 bits per heavy atom. The summed E-state index contributed by atoms with van der Waals surface area (Å²) >= 11 is 1.55. The van der Waals surface area contributed by atoms with Crippen LogP contribution in [-0.2, 0) is 6.54 Å². The fourth-order valence-electron chi connectivity index (χ4n) is 2.75. The third-order valence-electron chi connectivity index (χ3n) is 4.02. The van der Waals surface area contributed by atoms with Crippen LogP contribution >= 0.6 is 11.3 Å². The second kappa shape index (κ2) is 6.10. The van der Waals surface area contributed by atoms with Crippen molar-refractivity contribution in [3.8, 4) is 10.6 Å². The Morgan fingerprint density at radius 1 is 1.28 bits per heavy atom. The molecule has 0 aromatic carbocycles. The third kappa shape index (κ3) is 2.78. The molecule has 0 fully saturated rings. The Morgan fingerprint density at radius 2 is 2.08 bits per heavy atom. The van der Waals surface area contributed by atoms with E-state index < -0.39 is 5.97 Å². The summed E-state index contributed by atoms with van der Waals surface area (Å²) in [6, 6.07) is 7.43. The number of thiophene rings is 1. The predicted octanol–water partition coefficient (Wildman–Crippen LogP) is 3.61. The summed E-state index contributed by atoms with van der Waals surface area (Å²) in [7, 11) is 0. The number of hydrogen-bond acceptors (Lipinski definition) is 5. The SMILES string of the molecule is Cc1ccsc1-c1cc(C(=O)O)c2cnn(Cc3ccncc3)c2n1. The molecule has 124 valence electrons. The number of hydrogen-bond donors (Lipinski definition) is 1. The van der Waals surface area contributed by atoms with E-state index in [9.17, 15) is 9.90 Å². The summed E-state index contributed by atoms with van der Waals surface area (Å²) in [5.74, 6) is -0.980. The highest BCUT2D eigenvalue weighted by Gasteiger charge is 2.18. The number of aryl methyl sites for hydroxylation is 1. The van der Waals surface area contributed by atoms with Crippen molar-refractivity contribution in [1.82, 2.24) is 19.7 Å². The van der Waals surface area contributed by atoms with Gasteiger partial charge in [-0.25, -0.2) is 14.5 Å². The molecule has 25 heavy (non-hydrogen) atoms. The predicted molar refractivity (Wildman–Crippen MR) is 95.9 cm³/mol. The van der Waals surface area contributed by atoms with Crippen molar-refractivity contribution in [2.24, 2.45) is 0 Å². The summed E-state index contributed by atoms with van der Waals surface area (Å²) in [6.45, 7) is 2.50. The first-order valence-corrected chi connectivity index (χ1v) is 8.54. The first kappa shape index (κ1) is 15.5. The van der Waals surface area contributed by atoms with Gasteiger partial charge in [-0.15, -0.1) is 11.3 Å². The maximum atomic E-state index is 11.7. The molecular formula is C18H14N4O2S. The molecule has 1 N–H and O–H groups in total. The number of aromatic nitrogens is 4. The van der Waals surface area contributed by atoms with Crippen LogP contribution in [0, 0.1) is 6.92 Å². The number of aromatic carboxylic acids is 1. The van der Waals surface area contributed by atoms with Crippen molar-refractivity contribution >= 4 is 28.3 Å². The quantitative estimate of drug-likeness (QED) is 0.608. The molecule has 0 aliphatic rings. The van der Waals surface area contributed by atoms with E-state index in [1.165, 1.54) is 0 Å². The standard InChI is InChI=1S/C18H14N4O2S/c1-11-4-7-25-16(11)15-8-13(18(23)24)14-9-20-22(17(14)21-15)10-12-2-5-19-6-3-12/h2-9H,10H2,1H3,(H,23,24). The fourth-order valence-corrected chi connectivity index (χ4v) is 3.64. The van der Waals surface area contributed by atoms with Gasteiger partial charge in [-0.05, 0) is 47.7 Å². The highest BCUT2D eigenvalue weighted by Crippen LogP contribution is 2.31. The molecule has 0 amide bonds. The van der Waals surface area contributed by atoms with E-state index in [0.29, 0.717) is 23.3 Å². The molecular weight excluding hydrogens is 336 g/mol. The first-order valence-electron chi connectivity index (χ1n) is 7.66. The van der Waals surface area contributed by atoms with Crippen LogP contribution in [0.1, 0.15) is 21.5 Å². The normalized spacial score (nSPS) is 11.1. The molecule has 4 aromatic rings. The lowest BCUT2D eigenvalue weighted by atomic mass is 10.1. The lowest BCUT2D eigenvalue weighted by molar-refractivity contribution is 0.0699. The van der Waals surface area contributed by atoms with Gasteiger partial charge in [0, 0.05) is 12.4 Å². The minimum absolute atomic E-state index is 0.216. The summed E-state index contributed by atoms with van der Waals surface area (Å²) < 4.78 is 1.73. The van der Waals surface area contributed by atoms with Crippen molar-refractivity contribution < 1.29 is 9.90 Å². The largest absolute Gasteiger partial charge is 0.478 e. The van der Waals surface area contributed by atoms with Crippen LogP contribution in [0.4, 0.5) is 0 Å². The van der Waals surface area contributed by atoms with E-state index in [1.807, 2.05) is 30.5 Å². The van der Waals surface area contributed by atoms with Crippen LogP contribution in [0.3, 0.4) is 0 Å². The number of nitrogens with zero attached hydrogens (tertiary/aromatic N) is 4. The Kier molecular flexibility index (Phi) is 3.77. The number of pyridine rings is 2. The lowest BCUT2D eigenvalue weighted by Gasteiger charge is -2.07. The molecule has 0 atom stereocenters. The number of fused-ring (bicyclic) bond motifs is 1. The van der Waals surface area contributed by atoms with Gasteiger partial charge in [0.15, 0.2) is 5.65 Å². The van der Waals surface area contributed by atoms with Crippen molar-refractivity contribution in [2.45, 2.75) is 13.5 Å². The monoisotopic (exact) mass is 350 g/mol. The number of carboxylic acids is 1. The number of carboxylic acid groups (broad SMARTS) is 1. The van der Waals surface area contributed by atoms with Crippen LogP contribution in [0.25, 0.3) is 21.6 Å². The third-order valence-corrected chi connectivity index (χ3v) is 5.06. The highest BCUT2D eigenvalue weighted by molar-refractivity contribution is 7.13. The maximum absolute atomic E-state index is 11.7. The molecule has 0 radical (unpaired) electrons. The van der Waals surface area contributed by atoms with Gasteiger partial charge in [-0.3, -0.25) is 4.98 Å². The molecule has 0 unspecified atom stereocenters. The van der Waals surface area contributed by atoms with Crippen molar-refractivity contribution in [2.75, 3.05) is 0 Å². The van der Waals surface area contributed by atoms with Crippen molar-refractivity contribution in [3.05, 3.63) is 64.9 Å². The zero-order valence-electron chi connectivity index (χ0n) is 13.4. The van der Waals surface area contributed by atoms with E-state index in [-0.39, 0.29) is 5.56 Å². The molecule has 0 saturated heterocycles. The Bertz CT molecular complexity index is 1070. The van der Waals surface area contributed by atoms with Gasteiger partial charge in [0.25, 0.3) is 0 Å². The average Bonchev–Trinajstić information content (AvgIpc) is 3.21. The lowest BCUT2D eigenvalue weighted by Crippen LogP contribution is -2.05. The summed E-state index contributed by atoms with van der Waals surface area (Å²) in [4.78, 5) is 21.4. The van der Waals surface area contributed by atoms with Gasteiger partial charge in [0.2, 0.25) is 0 Å². The maximum Gasteiger partial charge on any atom is 0.336 e. The number of rotatable bonds is 4. The molecule has 6 nitrogen and oxygen atoms in total. The van der Waals surface area contributed by atoms with Crippen LogP contribution < -0.4 is 0 Å². The van der Waals surface area contributed by atoms with E-state index in [1.54, 1.807) is 40.7 Å². The molecule has 4 heterocycles. The van der Waals surface area contributed by atoms with Gasteiger partial charge in [-0.1, -0.05) is 0 Å². The molecule has 0 aliphatic carbocycles. The Balaban J connectivity index is 1.90. The second-order valence-electron chi connectivity index (χ2n) is 5.69. The van der Waals surface area contributed by atoms with E-state index in [2.05, 4.69) is 10.1 Å². The zero-order valence-corrected chi connectivity index (χ0v) is 14.2. The van der Waals surface area contributed by atoms with Gasteiger partial charge < -0.3 is 5.11 Å². The van der Waals surface area contributed by atoms with E-state index in [4.69, 9.17) is 4.98 Å². The molecule has 7 heteroatoms. The summed E-state index contributed by atoms with van der Waals surface area (Å²) in [5, 5.41) is 16.5. The Labute approximate surface area is 147 Å². The molecule has 0 spiro atoms.